The average Bonchev–Trinajstić information content (AvgIpc) is 2.50. The lowest BCUT2D eigenvalue weighted by atomic mass is 10.1. The molecule has 1 amide bonds. The maximum absolute atomic E-state index is 12.9. The lowest BCUT2D eigenvalue weighted by Crippen LogP contribution is -2.18. The first-order chi connectivity index (χ1) is 11.3. The van der Waals surface area contributed by atoms with Gasteiger partial charge in [-0.2, -0.15) is 13.2 Å². The van der Waals surface area contributed by atoms with Gasteiger partial charge in [0.25, 0.3) is 0 Å². The summed E-state index contributed by atoms with van der Waals surface area (Å²) in [6.07, 6.45) is -4.41. The van der Waals surface area contributed by atoms with Gasteiger partial charge >= 0.3 is 6.18 Å². The van der Waals surface area contributed by atoms with Crippen LogP contribution in [0.4, 0.5) is 24.5 Å². The van der Waals surface area contributed by atoms with Crippen molar-refractivity contribution in [1.82, 2.24) is 0 Å². The average molecular weight is 357 g/mol. The number of hydrogen-bond donors (Lipinski definition) is 2. The van der Waals surface area contributed by atoms with Gasteiger partial charge in [-0.15, -0.1) is 0 Å². The minimum absolute atomic E-state index is 0.0259. The van der Waals surface area contributed by atoms with Crippen molar-refractivity contribution in [2.75, 3.05) is 17.2 Å². The van der Waals surface area contributed by atoms with Crippen molar-refractivity contribution in [2.45, 2.75) is 19.5 Å². The van der Waals surface area contributed by atoms with Gasteiger partial charge in [-0.1, -0.05) is 29.8 Å². The van der Waals surface area contributed by atoms with Crippen molar-refractivity contribution in [3.8, 4) is 0 Å². The Morgan fingerprint density at radius 3 is 2.54 bits per heavy atom. The zero-order valence-corrected chi connectivity index (χ0v) is 13.6. The van der Waals surface area contributed by atoms with E-state index in [1.807, 2.05) is 6.92 Å². The van der Waals surface area contributed by atoms with Gasteiger partial charge in [0, 0.05) is 29.4 Å². The van der Waals surface area contributed by atoms with Gasteiger partial charge in [-0.05, 0) is 36.8 Å². The van der Waals surface area contributed by atoms with Gasteiger partial charge in [0.1, 0.15) is 0 Å². The molecule has 0 saturated heterocycles. The van der Waals surface area contributed by atoms with Crippen LogP contribution >= 0.6 is 11.6 Å². The van der Waals surface area contributed by atoms with Crippen molar-refractivity contribution in [1.29, 1.82) is 0 Å². The molecule has 24 heavy (non-hydrogen) atoms. The van der Waals surface area contributed by atoms with Crippen molar-refractivity contribution in [2.24, 2.45) is 0 Å². The Kier molecular flexibility index (Phi) is 5.72. The van der Waals surface area contributed by atoms with Crippen LogP contribution in [0.1, 0.15) is 17.5 Å². The predicted octanol–water partition coefficient (Wildman–Crippen LogP) is 5.11. The number of nitrogens with one attached hydrogen (secondary N) is 2. The maximum atomic E-state index is 12.9. The standard InChI is InChI=1S/C17H16ClF3N2O/c1-11-6-7-12(18)10-15(11)23-16(24)8-9-22-14-5-3-2-4-13(14)17(19,20)21/h2-7,10,22H,8-9H2,1H3,(H,23,24). The number of hydrogen-bond acceptors (Lipinski definition) is 2. The van der Waals surface area contributed by atoms with Gasteiger partial charge in [0.2, 0.25) is 5.91 Å². The van der Waals surface area contributed by atoms with E-state index in [9.17, 15) is 18.0 Å². The number of carbonyl (C=O) groups excluding carboxylic acids is 1. The number of aryl methyl sites for hydroxylation is 1. The maximum Gasteiger partial charge on any atom is 0.418 e. The smallest absolute Gasteiger partial charge is 0.384 e. The van der Waals surface area contributed by atoms with Gasteiger partial charge in [0.05, 0.1) is 5.56 Å². The highest BCUT2D eigenvalue weighted by molar-refractivity contribution is 6.31. The molecule has 3 nitrogen and oxygen atoms in total. The topological polar surface area (TPSA) is 41.1 Å². The van der Waals surface area contributed by atoms with E-state index < -0.39 is 11.7 Å². The quantitative estimate of drug-likeness (QED) is 0.781. The minimum Gasteiger partial charge on any atom is -0.384 e. The molecule has 2 aromatic rings. The van der Waals surface area contributed by atoms with E-state index in [0.29, 0.717) is 10.7 Å². The summed E-state index contributed by atoms with van der Waals surface area (Å²) in [5.41, 5.74) is 0.638. The number of rotatable bonds is 5. The molecule has 2 N–H and O–H groups in total. The normalized spacial score (nSPS) is 11.2. The van der Waals surface area contributed by atoms with E-state index in [-0.39, 0.29) is 24.6 Å². The predicted molar refractivity (Wildman–Crippen MR) is 89.4 cm³/mol. The molecular formula is C17H16ClF3N2O. The molecule has 0 saturated carbocycles. The van der Waals surface area contributed by atoms with Crippen LogP contribution < -0.4 is 10.6 Å². The summed E-state index contributed by atoms with van der Waals surface area (Å²) >= 11 is 5.87. The van der Waals surface area contributed by atoms with Crippen molar-refractivity contribution in [3.63, 3.8) is 0 Å². The highest BCUT2D eigenvalue weighted by Gasteiger charge is 2.33. The lowest BCUT2D eigenvalue weighted by Gasteiger charge is -2.14. The first kappa shape index (κ1) is 18.1. The summed E-state index contributed by atoms with van der Waals surface area (Å²) in [4.78, 5) is 11.9. The van der Waals surface area contributed by atoms with E-state index in [4.69, 9.17) is 11.6 Å². The Bertz CT molecular complexity index is 732. The van der Waals surface area contributed by atoms with Gasteiger partial charge in [-0.25, -0.2) is 0 Å². The van der Waals surface area contributed by atoms with E-state index in [2.05, 4.69) is 10.6 Å². The second kappa shape index (κ2) is 7.57. The number of alkyl halides is 3. The summed E-state index contributed by atoms with van der Waals surface area (Å²) in [5.74, 6) is -0.308. The second-order valence-corrected chi connectivity index (χ2v) is 5.66. The zero-order chi connectivity index (χ0) is 17.7. The van der Waals surface area contributed by atoms with Crippen molar-refractivity contribution >= 4 is 28.9 Å². The summed E-state index contributed by atoms with van der Waals surface area (Å²) in [6.45, 7) is 1.91. The number of benzene rings is 2. The molecular weight excluding hydrogens is 341 g/mol. The first-order valence-electron chi connectivity index (χ1n) is 7.23. The Morgan fingerprint density at radius 2 is 1.83 bits per heavy atom. The molecule has 2 aromatic carbocycles. The third kappa shape index (κ3) is 4.89. The molecule has 0 atom stereocenters. The van der Waals surface area contributed by atoms with E-state index in [0.717, 1.165) is 11.6 Å². The molecule has 0 heterocycles. The van der Waals surface area contributed by atoms with Crippen LogP contribution in [-0.4, -0.2) is 12.5 Å². The zero-order valence-electron chi connectivity index (χ0n) is 12.9. The van der Waals surface area contributed by atoms with Crippen LogP contribution in [0.15, 0.2) is 42.5 Å². The molecule has 7 heteroatoms. The summed E-state index contributed by atoms with van der Waals surface area (Å²) in [7, 11) is 0. The number of anilines is 2. The minimum atomic E-state index is -4.44. The fraction of sp³-hybridized carbons (Fsp3) is 0.235. The summed E-state index contributed by atoms with van der Waals surface area (Å²) < 4.78 is 38.6. The molecule has 128 valence electrons. The largest absolute Gasteiger partial charge is 0.418 e. The second-order valence-electron chi connectivity index (χ2n) is 5.23. The molecule has 0 aromatic heterocycles. The Hall–Kier alpha value is -2.21. The fourth-order valence-corrected chi connectivity index (χ4v) is 2.31. The Labute approximate surface area is 142 Å². The summed E-state index contributed by atoms with van der Waals surface area (Å²) in [5, 5.41) is 5.85. The molecule has 0 bridgehead atoms. The molecule has 0 aliphatic heterocycles. The van der Waals surface area contributed by atoms with Gasteiger partial charge < -0.3 is 10.6 Å². The SMILES string of the molecule is Cc1ccc(Cl)cc1NC(=O)CCNc1ccccc1C(F)(F)F. The van der Waals surface area contributed by atoms with Gasteiger partial charge in [0.15, 0.2) is 0 Å². The number of halogens is 4. The lowest BCUT2D eigenvalue weighted by molar-refractivity contribution is -0.137. The van der Waals surface area contributed by atoms with Crippen LogP contribution in [-0.2, 0) is 11.0 Å². The molecule has 0 fully saturated rings. The third-order valence-electron chi connectivity index (χ3n) is 3.37. The number of carbonyl (C=O) groups is 1. The molecule has 0 radical (unpaired) electrons. The van der Waals surface area contributed by atoms with Gasteiger partial charge in [-0.3, -0.25) is 4.79 Å². The Morgan fingerprint density at radius 1 is 1.12 bits per heavy atom. The summed E-state index contributed by atoms with van der Waals surface area (Å²) in [6, 6.07) is 10.3. The molecule has 0 unspecified atom stereocenters. The molecule has 0 spiro atoms. The van der Waals surface area contributed by atoms with E-state index in [1.165, 1.54) is 18.2 Å². The number of amides is 1. The Balaban J connectivity index is 1.93. The number of para-hydroxylation sites is 1. The monoisotopic (exact) mass is 356 g/mol. The molecule has 2 rings (SSSR count). The van der Waals surface area contributed by atoms with Crippen LogP contribution in [0.3, 0.4) is 0 Å². The van der Waals surface area contributed by atoms with Crippen molar-refractivity contribution in [3.05, 3.63) is 58.6 Å². The van der Waals surface area contributed by atoms with E-state index >= 15 is 0 Å². The highest BCUT2D eigenvalue weighted by atomic mass is 35.5. The van der Waals surface area contributed by atoms with E-state index in [1.54, 1.807) is 18.2 Å². The van der Waals surface area contributed by atoms with Crippen LogP contribution in [0.5, 0.6) is 0 Å². The van der Waals surface area contributed by atoms with Crippen LogP contribution in [0.25, 0.3) is 0 Å². The fourth-order valence-electron chi connectivity index (χ4n) is 2.14. The first-order valence-corrected chi connectivity index (χ1v) is 7.61. The highest BCUT2D eigenvalue weighted by Crippen LogP contribution is 2.34. The van der Waals surface area contributed by atoms with Crippen LogP contribution in [0.2, 0.25) is 5.02 Å². The molecule has 0 aliphatic carbocycles. The van der Waals surface area contributed by atoms with Crippen LogP contribution in [0, 0.1) is 6.92 Å². The third-order valence-corrected chi connectivity index (χ3v) is 3.61. The molecule has 0 aliphatic rings. The van der Waals surface area contributed by atoms with Crippen molar-refractivity contribution < 1.29 is 18.0 Å².